The van der Waals surface area contributed by atoms with Crippen LogP contribution in [-0.2, 0) is 0 Å². The fourth-order valence-corrected chi connectivity index (χ4v) is 1.05. The van der Waals surface area contributed by atoms with Crippen LogP contribution < -0.4 is 20.9 Å². The van der Waals surface area contributed by atoms with Gasteiger partial charge in [0, 0.05) is 6.07 Å². The first-order valence-electron chi connectivity index (χ1n) is 5.08. The van der Waals surface area contributed by atoms with Crippen molar-refractivity contribution in [2.75, 3.05) is 0 Å². The van der Waals surface area contributed by atoms with Gasteiger partial charge in [-0.15, -0.1) is 0 Å². The van der Waals surface area contributed by atoms with Crippen LogP contribution in [0.25, 0.3) is 0 Å². The van der Waals surface area contributed by atoms with Gasteiger partial charge in [-0.1, -0.05) is 6.07 Å². The maximum absolute atomic E-state index is 12.2. The smallest absolute Gasteiger partial charge is 0.439 e. The van der Waals surface area contributed by atoms with Crippen LogP contribution in [0.3, 0.4) is 0 Å². The monoisotopic (exact) mass is 304 g/mol. The number of rotatable bonds is 4. The number of halogens is 6. The van der Waals surface area contributed by atoms with Crippen LogP contribution in [-0.4, -0.2) is 24.8 Å². The van der Waals surface area contributed by atoms with Crippen LogP contribution in [0.1, 0.15) is 0 Å². The van der Waals surface area contributed by atoms with Crippen LogP contribution in [0.5, 0.6) is 11.5 Å². The Hall–Kier alpha value is -1.68. The van der Waals surface area contributed by atoms with Crippen LogP contribution in [0.4, 0.5) is 26.3 Å². The number of benzene rings is 1. The summed E-state index contributed by atoms with van der Waals surface area (Å²) >= 11 is 0. The zero-order valence-corrected chi connectivity index (χ0v) is 9.70. The molecule has 0 aliphatic carbocycles. The molecule has 1 aromatic rings. The van der Waals surface area contributed by atoms with E-state index < -0.39 is 36.3 Å². The molecule has 0 spiro atoms. The molecule has 20 heavy (non-hydrogen) atoms. The van der Waals surface area contributed by atoms with E-state index >= 15 is 0 Å². The number of nitrogens with two attached hydrogens (primary N) is 2. The largest absolute Gasteiger partial charge is 0.466 e. The summed E-state index contributed by atoms with van der Waals surface area (Å²) in [5.74, 6) is -0.802. The lowest BCUT2D eigenvalue weighted by atomic mass is 10.3. The molecule has 0 heterocycles. The molecule has 0 aliphatic heterocycles. The van der Waals surface area contributed by atoms with Crippen molar-refractivity contribution in [1.29, 1.82) is 0 Å². The van der Waals surface area contributed by atoms with Crippen molar-refractivity contribution in [3.63, 3.8) is 0 Å². The third-order valence-corrected chi connectivity index (χ3v) is 1.98. The number of ether oxygens (including phenoxy) is 2. The maximum Gasteiger partial charge on any atom is 0.439 e. The van der Waals surface area contributed by atoms with Gasteiger partial charge in [0.05, 0.1) is 0 Å². The SMILES string of the molecule is NC(Oc1cccc(OC(N)C(F)(F)F)c1)C(F)(F)F. The van der Waals surface area contributed by atoms with E-state index in [4.69, 9.17) is 11.5 Å². The number of hydrogen-bond acceptors (Lipinski definition) is 4. The first-order chi connectivity index (χ1) is 9.00. The Balaban J connectivity index is 2.76. The molecule has 0 bridgehead atoms. The van der Waals surface area contributed by atoms with Gasteiger partial charge in [0.15, 0.2) is 0 Å². The first-order valence-corrected chi connectivity index (χ1v) is 5.08. The Kier molecular flexibility index (Phi) is 4.71. The van der Waals surface area contributed by atoms with Crippen LogP contribution in [0.2, 0.25) is 0 Å². The molecule has 0 saturated heterocycles. The lowest BCUT2D eigenvalue weighted by molar-refractivity contribution is -0.194. The first kappa shape index (κ1) is 16.4. The van der Waals surface area contributed by atoms with E-state index in [9.17, 15) is 26.3 Å². The highest BCUT2D eigenvalue weighted by atomic mass is 19.4. The Morgan fingerprint density at radius 3 is 1.45 bits per heavy atom. The number of alkyl halides is 6. The van der Waals surface area contributed by atoms with Crippen molar-refractivity contribution >= 4 is 0 Å². The Bertz CT molecular complexity index is 411. The third-order valence-electron chi connectivity index (χ3n) is 1.98. The van der Waals surface area contributed by atoms with Crippen molar-refractivity contribution in [2.24, 2.45) is 11.5 Å². The molecule has 2 unspecified atom stereocenters. The summed E-state index contributed by atoms with van der Waals surface area (Å²) in [6, 6.07) is 4.11. The van der Waals surface area contributed by atoms with Gasteiger partial charge in [0.25, 0.3) is 0 Å². The van der Waals surface area contributed by atoms with Gasteiger partial charge in [0.2, 0.25) is 12.5 Å². The molecule has 2 atom stereocenters. The second kappa shape index (κ2) is 5.75. The van der Waals surface area contributed by atoms with E-state index in [2.05, 4.69) is 9.47 Å². The minimum Gasteiger partial charge on any atom is -0.466 e. The molecule has 10 heteroatoms. The normalized spacial score (nSPS) is 15.6. The van der Waals surface area contributed by atoms with Crippen LogP contribution >= 0.6 is 0 Å². The topological polar surface area (TPSA) is 70.5 Å². The van der Waals surface area contributed by atoms with E-state index in [0.717, 1.165) is 24.3 Å². The van der Waals surface area contributed by atoms with Gasteiger partial charge in [0.1, 0.15) is 11.5 Å². The molecule has 0 saturated carbocycles. The Labute approximate surface area is 109 Å². The highest BCUT2D eigenvalue weighted by Gasteiger charge is 2.40. The summed E-state index contributed by atoms with van der Waals surface area (Å²) < 4.78 is 81.6. The molecule has 0 fully saturated rings. The minimum absolute atomic E-state index is 0.401. The standard InChI is InChI=1S/C10H10F6N2O2/c11-9(12,13)7(17)19-5-2-1-3-6(4-5)20-8(18)10(14,15)16/h1-4,7-8H,17-18H2. The fraction of sp³-hybridized carbons (Fsp3) is 0.400. The fourth-order valence-electron chi connectivity index (χ4n) is 1.05. The highest BCUT2D eigenvalue weighted by molar-refractivity contribution is 5.33. The maximum atomic E-state index is 12.2. The van der Waals surface area contributed by atoms with Gasteiger partial charge < -0.3 is 9.47 Å². The summed E-state index contributed by atoms with van der Waals surface area (Å²) in [7, 11) is 0. The van der Waals surface area contributed by atoms with Crippen LogP contribution in [0, 0.1) is 0 Å². The molecule has 4 nitrogen and oxygen atoms in total. The minimum atomic E-state index is -4.81. The van der Waals surface area contributed by atoms with Crippen molar-refractivity contribution in [1.82, 2.24) is 0 Å². The summed E-state index contributed by atoms with van der Waals surface area (Å²) in [6.07, 6.45) is -14.8. The average molecular weight is 304 g/mol. The summed E-state index contributed by atoms with van der Waals surface area (Å²) in [5.41, 5.74) is 9.42. The summed E-state index contributed by atoms with van der Waals surface area (Å²) in [4.78, 5) is 0. The van der Waals surface area contributed by atoms with Crippen molar-refractivity contribution in [2.45, 2.75) is 24.8 Å². The van der Waals surface area contributed by atoms with Crippen molar-refractivity contribution in [3.8, 4) is 11.5 Å². The van der Waals surface area contributed by atoms with E-state index in [1.54, 1.807) is 0 Å². The van der Waals surface area contributed by atoms with E-state index in [1.807, 2.05) is 0 Å². The van der Waals surface area contributed by atoms with E-state index in [-0.39, 0.29) is 0 Å². The van der Waals surface area contributed by atoms with Crippen molar-refractivity contribution < 1.29 is 35.8 Å². The summed E-state index contributed by atoms with van der Waals surface area (Å²) in [5, 5.41) is 0. The van der Waals surface area contributed by atoms with Gasteiger partial charge in [-0.2, -0.15) is 26.3 Å². The molecule has 0 aliphatic rings. The van der Waals surface area contributed by atoms with E-state index in [0.29, 0.717) is 0 Å². The average Bonchev–Trinajstić information content (AvgIpc) is 2.26. The number of hydrogen-bond donors (Lipinski definition) is 2. The van der Waals surface area contributed by atoms with Crippen molar-refractivity contribution in [3.05, 3.63) is 24.3 Å². The molecule has 0 amide bonds. The predicted octanol–water partition coefficient (Wildman–Crippen LogP) is 2.14. The Morgan fingerprint density at radius 2 is 1.15 bits per heavy atom. The second-order valence-corrected chi connectivity index (χ2v) is 3.63. The van der Waals surface area contributed by atoms with Gasteiger partial charge >= 0.3 is 12.4 Å². The van der Waals surface area contributed by atoms with Gasteiger partial charge in [-0.25, -0.2) is 0 Å². The third kappa shape index (κ3) is 4.78. The summed E-state index contributed by atoms with van der Waals surface area (Å²) in [6.45, 7) is 0. The van der Waals surface area contributed by atoms with E-state index in [1.165, 1.54) is 0 Å². The molecule has 0 radical (unpaired) electrons. The second-order valence-electron chi connectivity index (χ2n) is 3.63. The predicted molar refractivity (Wildman–Crippen MR) is 55.8 cm³/mol. The zero-order chi connectivity index (χ0) is 15.6. The lowest BCUT2D eigenvalue weighted by Gasteiger charge is -2.19. The molecular weight excluding hydrogens is 294 g/mol. The Morgan fingerprint density at radius 1 is 0.800 bits per heavy atom. The molecule has 1 aromatic carbocycles. The molecule has 0 aromatic heterocycles. The lowest BCUT2D eigenvalue weighted by Crippen LogP contribution is -2.42. The zero-order valence-electron chi connectivity index (χ0n) is 9.70. The van der Waals surface area contributed by atoms with Gasteiger partial charge in [-0.05, 0) is 12.1 Å². The van der Waals surface area contributed by atoms with Crippen LogP contribution in [0.15, 0.2) is 24.3 Å². The molecule has 4 N–H and O–H groups in total. The molecule has 114 valence electrons. The quantitative estimate of drug-likeness (QED) is 0.660. The molecule has 1 rings (SSSR count). The van der Waals surface area contributed by atoms with Gasteiger partial charge in [-0.3, -0.25) is 11.5 Å². The highest BCUT2D eigenvalue weighted by Crippen LogP contribution is 2.27. The molecular formula is C10H10F6N2O2.